The molecular weight excluding hydrogens is 232 g/mol. The molecular formula is C14H16O4. The van der Waals surface area contributed by atoms with Crippen LogP contribution in [0.4, 0.5) is 0 Å². The predicted molar refractivity (Wildman–Crippen MR) is 67.7 cm³/mol. The second-order valence-electron chi connectivity index (χ2n) is 4.27. The molecule has 1 fully saturated rings. The van der Waals surface area contributed by atoms with Crippen LogP contribution in [-0.2, 0) is 9.53 Å². The van der Waals surface area contributed by atoms with E-state index in [1.54, 1.807) is 6.08 Å². The summed E-state index contributed by atoms with van der Waals surface area (Å²) in [6.45, 7) is 3.26. The summed E-state index contributed by atoms with van der Waals surface area (Å²) in [6, 6.07) is 5.68. The third-order valence-electron chi connectivity index (χ3n) is 2.82. The molecule has 0 bridgehead atoms. The van der Waals surface area contributed by atoms with E-state index in [0.29, 0.717) is 6.61 Å². The number of aryl methyl sites for hydroxylation is 1. The Balaban J connectivity index is 2.22. The van der Waals surface area contributed by atoms with Crippen molar-refractivity contribution in [2.24, 2.45) is 0 Å². The highest BCUT2D eigenvalue weighted by Crippen LogP contribution is 2.27. The molecule has 0 aromatic heterocycles. The SMILES string of the molecule is Cc1cccc(/C=C/C(=O)O)c1OC1CCOC1. The van der Waals surface area contributed by atoms with E-state index in [0.717, 1.165) is 36.0 Å². The van der Waals surface area contributed by atoms with E-state index in [2.05, 4.69) is 0 Å². The van der Waals surface area contributed by atoms with Crippen LogP contribution in [0.2, 0.25) is 0 Å². The Morgan fingerprint density at radius 2 is 2.39 bits per heavy atom. The molecule has 2 rings (SSSR count). The first-order chi connectivity index (χ1) is 8.66. The van der Waals surface area contributed by atoms with Gasteiger partial charge in [-0.1, -0.05) is 18.2 Å². The molecule has 1 heterocycles. The van der Waals surface area contributed by atoms with E-state index in [4.69, 9.17) is 14.6 Å². The summed E-state index contributed by atoms with van der Waals surface area (Å²) >= 11 is 0. The molecule has 1 aromatic carbocycles. The van der Waals surface area contributed by atoms with Crippen molar-refractivity contribution in [3.63, 3.8) is 0 Å². The van der Waals surface area contributed by atoms with E-state index < -0.39 is 5.97 Å². The number of hydrogen-bond acceptors (Lipinski definition) is 3. The maximum absolute atomic E-state index is 10.6. The number of benzene rings is 1. The number of rotatable bonds is 4. The Morgan fingerprint density at radius 1 is 1.56 bits per heavy atom. The van der Waals surface area contributed by atoms with Crippen LogP contribution in [0.25, 0.3) is 6.08 Å². The molecule has 0 saturated carbocycles. The van der Waals surface area contributed by atoms with Crippen molar-refractivity contribution in [1.82, 2.24) is 0 Å². The summed E-state index contributed by atoms with van der Waals surface area (Å²) in [7, 11) is 0. The molecule has 1 unspecified atom stereocenters. The van der Waals surface area contributed by atoms with Gasteiger partial charge in [-0.15, -0.1) is 0 Å². The second kappa shape index (κ2) is 5.69. The van der Waals surface area contributed by atoms with Crippen molar-refractivity contribution in [3.05, 3.63) is 35.4 Å². The smallest absolute Gasteiger partial charge is 0.328 e. The topological polar surface area (TPSA) is 55.8 Å². The lowest BCUT2D eigenvalue weighted by Crippen LogP contribution is -2.16. The average Bonchev–Trinajstić information content (AvgIpc) is 2.82. The molecule has 18 heavy (non-hydrogen) atoms. The van der Waals surface area contributed by atoms with Gasteiger partial charge in [-0.2, -0.15) is 0 Å². The Labute approximate surface area is 106 Å². The van der Waals surface area contributed by atoms with Crippen LogP contribution in [0.1, 0.15) is 17.5 Å². The largest absolute Gasteiger partial charge is 0.487 e. The van der Waals surface area contributed by atoms with E-state index in [1.807, 2.05) is 25.1 Å². The van der Waals surface area contributed by atoms with Crippen LogP contribution in [0.15, 0.2) is 24.3 Å². The molecule has 1 aliphatic heterocycles. The van der Waals surface area contributed by atoms with E-state index in [1.165, 1.54) is 0 Å². The van der Waals surface area contributed by atoms with Crippen molar-refractivity contribution in [3.8, 4) is 5.75 Å². The Kier molecular flexibility index (Phi) is 3.99. The van der Waals surface area contributed by atoms with Gasteiger partial charge >= 0.3 is 5.97 Å². The highest BCUT2D eigenvalue weighted by Gasteiger charge is 2.19. The first kappa shape index (κ1) is 12.6. The predicted octanol–water partition coefficient (Wildman–Crippen LogP) is 2.26. The number of carboxylic acid groups (broad SMARTS) is 1. The van der Waals surface area contributed by atoms with Crippen LogP contribution in [-0.4, -0.2) is 30.4 Å². The summed E-state index contributed by atoms with van der Waals surface area (Å²) in [5.74, 6) is -0.225. The highest BCUT2D eigenvalue weighted by atomic mass is 16.5. The van der Waals surface area contributed by atoms with Gasteiger partial charge in [0.1, 0.15) is 11.9 Å². The zero-order valence-corrected chi connectivity index (χ0v) is 10.3. The quantitative estimate of drug-likeness (QED) is 0.830. The van der Waals surface area contributed by atoms with Crippen LogP contribution in [0.3, 0.4) is 0 Å². The number of carbonyl (C=O) groups is 1. The summed E-state index contributed by atoms with van der Waals surface area (Å²) in [5.41, 5.74) is 1.78. The molecule has 4 heteroatoms. The molecule has 1 atom stereocenters. The zero-order valence-electron chi connectivity index (χ0n) is 10.3. The van der Waals surface area contributed by atoms with E-state index in [-0.39, 0.29) is 6.10 Å². The van der Waals surface area contributed by atoms with Crippen molar-refractivity contribution in [2.45, 2.75) is 19.4 Å². The fourth-order valence-corrected chi connectivity index (χ4v) is 1.90. The maximum atomic E-state index is 10.6. The molecule has 0 amide bonds. The van der Waals surface area contributed by atoms with Crippen molar-refractivity contribution in [1.29, 1.82) is 0 Å². The molecule has 0 spiro atoms. The number of carboxylic acids is 1. The first-order valence-corrected chi connectivity index (χ1v) is 5.92. The lowest BCUT2D eigenvalue weighted by Gasteiger charge is -2.16. The van der Waals surface area contributed by atoms with Crippen molar-refractivity contribution >= 4 is 12.0 Å². The highest BCUT2D eigenvalue weighted by molar-refractivity contribution is 5.86. The summed E-state index contributed by atoms with van der Waals surface area (Å²) in [4.78, 5) is 10.6. The van der Waals surface area contributed by atoms with Crippen LogP contribution in [0, 0.1) is 6.92 Å². The fourth-order valence-electron chi connectivity index (χ4n) is 1.90. The lowest BCUT2D eigenvalue weighted by atomic mass is 10.1. The Bertz CT molecular complexity index is 459. The first-order valence-electron chi connectivity index (χ1n) is 5.92. The minimum Gasteiger partial charge on any atom is -0.487 e. The number of para-hydroxylation sites is 1. The number of ether oxygens (including phenoxy) is 2. The number of aliphatic carboxylic acids is 1. The lowest BCUT2D eigenvalue weighted by molar-refractivity contribution is -0.131. The monoisotopic (exact) mass is 248 g/mol. The van der Waals surface area contributed by atoms with Gasteiger partial charge in [0.15, 0.2) is 0 Å². The molecule has 4 nitrogen and oxygen atoms in total. The Hall–Kier alpha value is -1.81. The molecule has 1 aromatic rings. The molecule has 1 saturated heterocycles. The van der Waals surface area contributed by atoms with Gasteiger partial charge < -0.3 is 14.6 Å². The molecule has 96 valence electrons. The second-order valence-corrected chi connectivity index (χ2v) is 4.27. The maximum Gasteiger partial charge on any atom is 0.328 e. The van der Waals surface area contributed by atoms with Crippen LogP contribution < -0.4 is 4.74 Å². The van der Waals surface area contributed by atoms with Gasteiger partial charge in [-0.3, -0.25) is 0 Å². The summed E-state index contributed by atoms with van der Waals surface area (Å²) in [5, 5.41) is 8.67. The van der Waals surface area contributed by atoms with Crippen LogP contribution in [0.5, 0.6) is 5.75 Å². The van der Waals surface area contributed by atoms with Gasteiger partial charge in [0.05, 0.1) is 13.2 Å². The van der Waals surface area contributed by atoms with Crippen molar-refractivity contribution in [2.75, 3.05) is 13.2 Å². The number of hydrogen-bond donors (Lipinski definition) is 1. The van der Waals surface area contributed by atoms with E-state index >= 15 is 0 Å². The van der Waals surface area contributed by atoms with Crippen molar-refractivity contribution < 1.29 is 19.4 Å². The normalized spacial score (nSPS) is 19.3. The third kappa shape index (κ3) is 3.11. The third-order valence-corrected chi connectivity index (χ3v) is 2.82. The minimum absolute atomic E-state index is 0.0584. The molecule has 0 aliphatic carbocycles. The summed E-state index contributed by atoms with van der Waals surface area (Å²) in [6.07, 6.45) is 3.60. The van der Waals surface area contributed by atoms with Gasteiger partial charge in [0, 0.05) is 18.1 Å². The minimum atomic E-state index is -0.966. The Morgan fingerprint density at radius 3 is 3.06 bits per heavy atom. The molecule has 1 N–H and O–H groups in total. The van der Waals surface area contributed by atoms with Gasteiger partial charge in [0.2, 0.25) is 0 Å². The molecule has 1 aliphatic rings. The zero-order chi connectivity index (χ0) is 13.0. The molecule has 0 radical (unpaired) electrons. The van der Waals surface area contributed by atoms with E-state index in [9.17, 15) is 4.79 Å². The van der Waals surface area contributed by atoms with Gasteiger partial charge in [-0.05, 0) is 18.6 Å². The standard InChI is InChI=1S/C14H16O4/c1-10-3-2-4-11(5-6-13(15)16)14(10)18-12-7-8-17-9-12/h2-6,12H,7-9H2,1H3,(H,15,16)/b6-5+. The summed E-state index contributed by atoms with van der Waals surface area (Å²) < 4.78 is 11.2. The average molecular weight is 248 g/mol. The fraction of sp³-hybridized carbons (Fsp3) is 0.357. The van der Waals surface area contributed by atoms with Crippen LogP contribution >= 0.6 is 0 Å². The van der Waals surface area contributed by atoms with Gasteiger partial charge in [-0.25, -0.2) is 4.79 Å². The van der Waals surface area contributed by atoms with Gasteiger partial charge in [0.25, 0.3) is 0 Å².